The summed E-state index contributed by atoms with van der Waals surface area (Å²) in [6, 6.07) is 9.91. The molecule has 13 heteroatoms. The second-order valence-corrected chi connectivity index (χ2v) is 6.29. The second-order valence-electron chi connectivity index (χ2n) is 6.29. The van der Waals surface area contributed by atoms with E-state index in [2.05, 4.69) is 20.3 Å². The molecule has 4 N–H and O–H groups in total. The molecule has 0 radical (unpaired) electrons. The number of nitrogens with zero attached hydrogens (tertiary/aromatic N) is 5. The standard InChI is InChI=1S/C17H18N6O7/c18-22-21-17(9-24)14(27)13(26)15(30-17)23-7-6-11(20-16(23)28)19-12(25)8-29-10-4-2-1-3-5-10/h1-7,13-15,24,26-27H,8-9H2,(H,19,20,25,28)/t13-,14+,15-,17-/m1/s1. The number of benzene rings is 1. The van der Waals surface area contributed by atoms with Gasteiger partial charge in [0.05, 0.1) is 6.61 Å². The van der Waals surface area contributed by atoms with Crippen LogP contribution >= 0.6 is 0 Å². The van der Waals surface area contributed by atoms with E-state index in [0.29, 0.717) is 5.75 Å². The lowest BCUT2D eigenvalue weighted by molar-refractivity contribution is -0.125. The lowest BCUT2D eigenvalue weighted by atomic mass is 10.1. The first-order valence-corrected chi connectivity index (χ1v) is 8.68. The summed E-state index contributed by atoms with van der Waals surface area (Å²) in [6.07, 6.45) is -3.80. The normalized spacial score (nSPS) is 25.4. The quantitative estimate of drug-likeness (QED) is 0.263. The molecule has 158 valence electrons. The van der Waals surface area contributed by atoms with E-state index in [1.54, 1.807) is 30.3 Å². The van der Waals surface area contributed by atoms with Crippen LogP contribution in [-0.4, -0.2) is 61.9 Å². The molecule has 0 aliphatic carbocycles. The Balaban J connectivity index is 1.70. The van der Waals surface area contributed by atoms with Gasteiger partial charge < -0.3 is 30.1 Å². The summed E-state index contributed by atoms with van der Waals surface area (Å²) in [5, 5.41) is 35.3. The SMILES string of the molecule is [N-]=[N+]=N[C@]1(CO)O[C@@H](n2ccc(NC(=O)COc3ccccc3)nc2=O)[C@H](O)[C@@H]1O. The lowest BCUT2D eigenvalue weighted by Crippen LogP contribution is -2.44. The Bertz CT molecular complexity index is 1010. The van der Waals surface area contributed by atoms with Crippen molar-refractivity contribution in [2.24, 2.45) is 5.11 Å². The molecule has 1 aromatic carbocycles. The highest BCUT2D eigenvalue weighted by molar-refractivity contribution is 5.90. The number of hydrogen-bond donors (Lipinski definition) is 4. The van der Waals surface area contributed by atoms with Crippen LogP contribution in [0.1, 0.15) is 6.23 Å². The van der Waals surface area contributed by atoms with Gasteiger partial charge in [0.25, 0.3) is 5.91 Å². The Morgan fingerprint density at radius 2 is 2.10 bits per heavy atom. The van der Waals surface area contributed by atoms with E-state index in [9.17, 15) is 24.9 Å². The van der Waals surface area contributed by atoms with Crippen LogP contribution in [0.2, 0.25) is 0 Å². The van der Waals surface area contributed by atoms with Gasteiger partial charge in [-0.2, -0.15) is 4.98 Å². The van der Waals surface area contributed by atoms with Crippen LogP contribution in [0.3, 0.4) is 0 Å². The van der Waals surface area contributed by atoms with Gasteiger partial charge in [-0.3, -0.25) is 9.36 Å². The monoisotopic (exact) mass is 418 g/mol. The molecule has 2 heterocycles. The van der Waals surface area contributed by atoms with Crippen LogP contribution in [0.15, 0.2) is 52.5 Å². The number of carbonyl (C=O) groups excluding carboxylic acids is 1. The number of carbonyl (C=O) groups is 1. The van der Waals surface area contributed by atoms with E-state index in [0.717, 1.165) is 10.8 Å². The summed E-state index contributed by atoms with van der Waals surface area (Å²) >= 11 is 0. The number of hydrogen-bond acceptors (Lipinski definition) is 9. The van der Waals surface area contributed by atoms with Gasteiger partial charge in [-0.1, -0.05) is 23.3 Å². The molecule has 0 saturated carbocycles. The first-order valence-electron chi connectivity index (χ1n) is 8.68. The van der Waals surface area contributed by atoms with E-state index in [1.165, 1.54) is 6.07 Å². The molecule has 13 nitrogen and oxygen atoms in total. The highest BCUT2D eigenvalue weighted by Crippen LogP contribution is 2.37. The van der Waals surface area contributed by atoms with Gasteiger partial charge in [0.15, 0.2) is 12.8 Å². The van der Waals surface area contributed by atoms with E-state index in [-0.39, 0.29) is 12.4 Å². The third-order valence-corrected chi connectivity index (χ3v) is 4.33. The minimum absolute atomic E-state index is 0.0746. The molecule has 0 spiro atoms. The van der Waals surface area contributed by atoms with Gasteiger partial charge in [-0.05, 0) is 23.7 Å². The van der Waals surface area contributed by atoms with E-state index in [1.807, 2.05) is 0 Å². The first kappa shape index (κ1) is 21.2. The minimum atomic E-state index is -2.15. The van der Waals surface area contributed by atoms with Crippen molar-refractivity contribution in [3.63, 3.8) is 0 Å². The molecular weight excluding hydrogens is 400 g/mol. The fraction of sp³-hybridized carbons (Fsp3) is 0.353. The van der Waals surface area contributed by atoms with Gasteiger partial charge in [-0.15, -0.1) is 0 Å². The van der Waals surface area contributed by atoms with Crippen molar-refractivity contribution in [2.75, 3.05) is 18.5 Å². The van der Waals surface area contributed by atoms with Gasteiger partial charge in [-0.25, -0.2) is 4.79 Å². The molecular formula is C17H18N6O7. The van der Waals surface area contributed by atoms with Crippen molar-refractivity contribution < 1.29 is 29.6 Å². The molecule has 4 atom stereocenters. The average Bonchev–Trinajstić information content (AvgIpc) is 2.99. The van der Waals surface area contributed by atoms with Gasteiger partial charge in [0.2, 0.25) is 5.72 Å². The predicted octanol–water partition coefficient (Wildman–Crippen LogP) is -0.490. The smallest absolute Gasteiger partial charge is 0.351 e. The topological polar surface area (TPSA) is 192 Å². The zero-order chi connectivity index (χ0) is 21.7. The highest BCUT2D eigenvalue weighted by Gasteiger charge is 2.54. The zero-order valence-electron chi connectivity index (χ0n) is 15.4. The maximum atomic E-state index is 12.3. The lowest BCUT2D eigenvalue weighted by Gasteiger charge is -2.23. The van der Waals surface area contributed by atoms with E-state index >= 15 is 0 Å². The number of para-hydroxylation sites is 1. The summed E-state index contributed by atoms with van der Waals surface area (Å²) in [7, 11) is 0. The van der Waals surface area contributed by atoms with Crippen LogP contribution in [0.4, 0.5) is 5.82 Å². The summed E-state index contributed by atoms with van der Waals surface area (Å²) < 4.78 is 11.4. The summed E-state index contributed by atoms with van der Waals surface area (Å²) in [6.45, 7) is -1.24. The van der Waals surface area contributed by atoms with Crippen molar-refractivity contribution in [3.05, 3.63) is 63.5 Å². The second kappa shape index (κ2) is 8.90. The molecule has 0 unspecified atom stereocenters. The van der Waals surface area contributed by atoms with Crippen LogP contribution in [-0.2, 0) is 9.53 Å². The maximum absolute atomic E-state index is 12.3. The molecule has 2 aromatic rings. The summed E-state index contributed by atoms with van der Waals surface area (Å²) in [5.74, 6) is -0.137. The number of aromatic nitrogens is 2. The number of aliphatic hydroxyl groups is 3. The third kappa shape index (κ3) is 4.25. The Labute approximate surface area is 168 Å². The molecule has 30 heavy (non-hydrogen) atoms. The number of anilines is 1. The molecule has 1 saturated heterocycles. The predicted molar refractivity (Wildman–Crippen MR) is 100 cm³/mol. The largest absolute Gasteiger partial charge is 0.484 e. The van der Waals surface area contributed by atoms with Crippen molar-refractivity contribution in [3.8, 4) is 5.75 Å². The summed E-state index contributed by atoms with van der Waals surface area (Å²) in [5.41, 5.74) is 5.54. The third-order valence-electron chi connectivity index (χ3n) is 4.33. The van der Waals surface area contributed by atoms with Crippen LogP contribution in [0, 0.1) is 0 Å². The maximum Gasteiger partial charge on any atom is 0.351 e. The van der Waals surface area contributed by atoms with E-state index < -0.39 is 42.4 Å². The molecule has 1 aliphatic rings. The van der Waals surface area contributed by atoms with Crippen molar-refractivity contribution in [1.29, 1.82) is 0 Å². The fourth-order valence-corrected chi connectivity index (χ4v) is 2.83. The van der Waals surface area contributed by atoms with Crippen LogP contribution < -0.4 is 15.7 Å². The van der Waals surface area contributed by atoms with E-state index in [4.69, 9.17) is 15.0 Å². The number of ether oxygens (including phenoxy) is 2. The number of aliphatic hydroxyl groups excluding tert-OH is 3. The Morgan fingerprint density at radius 1 is 1.37 bits per heavy atom. The van der Waals surface area contributed by atoms with Crippen molar-refractivity contribution in [2.45, 2.75) is 24.2 Å². The molecule has 0 bridgehead atoms. The molecule has 3 rings (SSSR count). The van der Waals surface area contributed by atoms with Crippen LogP contribution in [0.25, 0.3) is 10.4 Å². The Morgan fingerprint density at radius 3 is 2.73 bits per heavy atom. The highest BCUT2D eigenvalue weighted by atomic mass is 16.6. The molecule has 1 aromatic heterocycles. The van der Waals surface area contributed by atoms with Crippen LogP contribution in [0.5, 0.6) is 5.75 Å². The number of rotatable bonds is 7. The number of nitrogens with one attached hydrogen (secondary N) is 1. The number of azide groups is 1. The zero-order valence-corrected chi connectivity index (χ0v) is 15.4. The number of amides is 1. The Hall–Kier alpha value is -3.48. The van der Waals surface area contributed by atoms with Gasteiger partial charge >= 0.3 is 5.69 Å². The Kier molecular flexibility index (Phi) is 6.30. The molecule has 1 fully saturated rings. The average molecular weight is 418 g/mol. The summed E-state index contributed by atoms with van der Waals surface area (Å²) in [4.78, 5) is 30.5. The van der Waals surface area contributed by atoms with Gasteiger partial charge in [0.1, 0.15) is 23.8 Å². The molecule has 1 aliphatic heterocycles. The van der Waals surface area contributed by atoms with Gasteiger partial charge in [0, 0.05) is 11.1 Å². The minimum Gasteiger partial charge on any atom is -0.484 e. The van der Waals surface area contributed by atoms with Crippen molar-refractivity contribution in [1.82, 2.24) is 9.55 Å². The first-order chi connectivity index (χ1) is 14.4. The fourth-order valence-electron chi connectivity index (χ4n) is 2.83. The molecule has 1 amide bonds. The van der Waals surface area contributed by atoms with Crippen molar-refractivity contribution >= 4 is 11.7 Å².